The van der Waals surface area contributed by atoms with Gasteiger partial charge in [-0.05, 0) is 0 Å². The van der Waals surface area contributed by atoms with E-state index in [0.717, 1.165) is 11.5 Å². The summed E-state index contributed by atoms with van der Waals surface area (Å²) in [5.41, 5.74) is 6.40. The molecule has 0 spiro atoms. The molecule has 3 N–H and O–H groups in total. The molecule has 0 radical (unpaired) electrons. The quantitative estimate of drug-likeness (QED) is 0.711. The topological polar surface area (TPSA) is 54.7 Å². The van der Waals surface area contributed by atoms with E-state index >= 15 is 0 Å². The number of hydrogen-bond donors (Lipinski definition) is 2. The molecule has 0 aliphatic rings. The Morgan fingerprint density at radius 2 is 2.08 bits per heavy atom. The minimum absolute atomic E-state index is 0.459. The third kappa shape index (κ3) is 3.05. The lowest BCUT2D eigenvalue weighted by Gasteiger charge is -1.96. The molecule has 0 aliphatic carbocycles. The van der Waals surface area contributed by atoms with E-state index in [0.29, 0.717) is 12.5 Å². The van der Waals surface area contributed by atoms with Gasteiger partial charge in [0.2, 0.25) is 0 Å². The van der Waals surface area contributed by atoms with E-state index in [1.165, 1.54) is 0 Å². The lowest BCUT2D eigenvalue weighted by molar-refractivity contribution is 0.788. The second kappa shape index (κ2) is 5.77. The van der Waals surface area contributed by atoms with Crippen LogP contribution in [0.1, 0.15) is 45.1 Å². The number of rotatable bonds is 2. The first-order valence-electron chi connectivity index (χ1n) is 4.48. The second-order valence-electron chi connectivity index (χ2n) is 2.65. The van der Waals surface area contributed by atoms with Gasteiger partial charge in [0.05, 0.1) is 0 Å². The number of nitrogens with zero attached hydrogens (tertiary/aromatic N) is 1. The minimum Gasteiger partial charge on any atom is -0.345 e. The van der Waals surface area contributed by atoms with Crippen molar-refractivity contribution < 1.29 is 0 Å². The maximum atomic E-state index is 5.39. The molecule has 0 aliphatic heterocycles. The van der Waals surface area contributed by atoms with Crippen LogP contribution in [0, 0.1) is 0 Å². The van der Waals surface area contributed by atoms with E-state index in [9.17, 15) is 0 Å². The van der Waals surface area contributed by atoms with Gasteiger partial charge in [0, 0.05) is 24.4 Å². The predicted molar refractivity (Wildman–Crippen MR) is 51.9 cm³/mol. The van der Waals surface area contributed by atoms with Crippen LogP contribution >= 0.6 is 0 Å². The third-order valence-corrected chi connectivity index (χ3v) is 1.41. The van der Waals surface area contributed by atoms with E-state index in [1.807, 2.05) is 13.8 Å². The molecule has 0 bridgehead atoms. The SMILES string of the molecule is CC.CC(C)c1ncc(CN)[nH]1. The Morgan fingerprint density at radius 3 is 2.33 bits per heavy atom. The van der Waals surface area contributed by atoms with Crippen molar-refractivity contribution in [2.45, 2.75) is 40.2 Å². The van der Waals surface area contributed by atoms with E-state index in [2.05, 4.69) is 23.8 Å². The summed E-state index contributed by atoms with van der Waals surface area (Å²) in [4.78, 5) is 7.28. The normalized spacial score (nSPS) is 9.50. The number of H-pyrrole nitrogens is 1. The third-order valence-electron chi connectivity index (χ3n) is 1.41. The van der Waals surface area contributed by atoms with Gasteiger partial charge >= 0.3 is 0 Å². The second-order valence-corrected chi connectivity index (χ2v) is 2.65. The number of nitrogens with two attached hydrogens (primary N) is 1. The number of imidazole rings is 1. The molecule has 0 unspecified atom stereocenters. The van der Waals surface area contributed by atoms with Crippen LogP contribution in [-0.4, -0.2) is 9.97 Å². The van der Waals surface area contributed by atoms with Crippen molar-refractivity contribution >= 4 is 0 Å². The van der Waals surface area contributed by atoms with Crippen molar-refractivity contribution in [3.63, 3.8) is 0 Å². The van der Waals surface area contributed by atoms with Crippen LogP contribution in [0.3, 0.4) is 0 Å². The van der Waals surface area contributed by atoms with Crippen LogP contribution in [0.2, 0.25) is 0 Å². The van der Waals surface area contributed by atoms with Gasteiger partial charge in [-0.2, -0.15) is 0 Å². The van der Waals surface area contributed by atoms with Crippen molar-refractivity contribution in [3.8, 4) is 0 Å². The summed E-state index contributed by atoms with van der Waals surface area (Å²) in [6, 6.07) is 0. The van der Waals surface area contributed by atoms with Crippen molar-refractivity contribution in [3.05, 3.63) is 17.7 Å². The lowest BCUT2D eigenvalue weighted by atomic mass is 10.2. The van der Waals surface area contributed by atoms with E-state index < -0.39 is 0 Å². The fraction of sp³-hybridized carbons (Fsp3) is 0.667. The summed E-state index contributed by atoms with van der Waals surface area (Å²) < 4.78 is 0. The Labute approximate surface area is 74.4 Å². The summed E-state index contributed by atoms with van der Waals surface area (Å²) >= 11 is 0. The van der Waals surface area contributed by atoms with Crippen molar-refractivity contribution in [2.24, 2.45) is 5.73 Å². The molecule has 0 amide bonds. The average molecular weight is 169 g/mol. The van der Waals surface area contributed by atoms with Gasteiger partial charge < -0.3 is 10.7 Å². The van der Waals surface area contributed by atoms with Crippen LogP contribution < -0.4 is 5.73 Å². The Bertz CT molecular complexity index is 203. The van der Waals surface area contributed by atoms with Crippen LogP contribution in [-0.2, 0) is 6.54 Å². The van der Waals surface area contributed by atoms with Gasteiger partial charge in [0.25, 0.3) is 0 Å². The first kappa shape index (κ1) is 11.2. The maximum absolute atomic E-state index is 5.39. The molecule has 3 nitrogen and oxygen atoms in total. The maximum Gasteiger partial charge on any atom is 0.108 e. The Hall–Kier alpha value is -0.830. The summed E-state index contributed by atoms with van der Waals surface area (Å²) in [6.45, 7) is 8.73. The molecule has 1 aromatic heterocycles. The number of aromatic amines is 1. The molecule has 0 atom stereocenters. The predicted octanol–water partition coefficient (Wildman–Crippen LogP) is 2.02. The van der Waals surface area contributed by atoms with Gasteiger partial charge in [-0.15, -0.1) is 0 Å². The van der Waals surface area contributed by atoms with Gasteiger partial charge in [0.15, 0.2) is 0 Å². The molecule has 0 fully saturated rings. The largest absolute Gasteiger partial charge is 0.345 e. The highest BCUT2D eigenvalue weighted by Gasteiger charge is 2.01. The molecule has 0 saturated heterocycles. The molecule has 1 rings (SSSR count). The Morgan fingerprint density at radius 1 is 1.50 bits per heavy atom. The van der Waals surface area contributed by atoms with Crippen LogP contribution in [0.5, 0.6) is 0 Å². The van der Waals surface area contributed by atoms with Gasteiger partial charge in [-0.1, -0.05) is 27.7 Å². The van der Waals surface area contributed by atoms with Gasteiger partial charge in [-0.3, -0.25) is 0 Å². The average Bonchev–Trinajstić information content (AvgIpc) is 2.55. The lowest BCUT2D eigenvalue weighted by Crippen LogP contribution is -1.97. The van der Waals surface area contributed by atoms with Crippen LogP contribution in [0.4, 0.5) is 0 Å². The van der Waals surface area contributed by atoms with Crippen LogP contribution in [0.15, 0.2) is 6.20 Å². The molecule has 1 heterocycles. The molecule has 70 valence electrons. The molecular formula is C9H19N3. The highest BCUT2D eigenvalue weighted by atomic mass is 14.9. The number of aromatic nitrogens is 2. The molecule has 0 saturated carbocycles. The fourth-order valence-electron chi connectivity index (χ4n) is 0.774. The molecule has 3 heteroatoms. The number of hydrogen-bond acceptors (Lipinski definition) is 2. The first-order valence-corrected chi connectivity index (χ1v) is 4.48. The number of nitrogens with one attached hydrogen (secondary N) is 1. The van der Waals surface area contributed by atoms with Gasteiger partial charge in [-0.25, -0.2) is 4.98 Å². The monoisotopic (exact) mass is 169 g/mol. The highest BCUT2D eigenvalue weighted by Crippen LogP contribution is 2.08. The Kier molecular flexibility index (Phi) is 5.37. The van der Waals surface area contributed by atoms with Crippen molar-refractivity contribution in [1.82, 2.24) is 9.97 Å². The molecular weight excluding hydrogens is 150 g/mol. The minimum atomic E-state index is 0.459. The first-order chi connectivity index (χ1) is 5.74. The summed E-state index contributed by atoms with van der Waals surface area (Å²) in [5.74, 6) is 1.47. The standard InChI is InChI=1S/C7H13N3.C2H6/c1-5(2)7-9-4-6(3-8)10-7;1-2/h4-5H,3,8H2,1-2H3,(H,9,10);1-2H3. The van der Waals surface area contributed by atoms with Crippen molar-refractivity contribution in [1.29, 1.82) is 0 Å². The fourth-order valence-corrected chi connectivity index (χ4v) is 0.774. The zero-order valence-electron chi connectivity index (χ0n) is 8.39. The van der Waals surface area contributed by atoms with Gasteiger partial charge in [0.1, 0.15) is 5.82 Å². The van der Waals surface area contributed by atoms with E-state index in [-0.39, 0.29) is 0 Å². The zero-order valence-corrected chi connectivity index (χ0v) is 8.39. The van der Waals surface area contributed by atoms with Crippen LogP contribution in [0.25, 0.3) is 0 Å². The summed E-state index contributed by atoms with van der Waals surface area (Å²) in [6.07, 6.45) is 1.79. The molecule has 0 aromatic carbocycles. The molecule has 12 heavy (non-hydrogen) atoms. The van der Waals surface area contributed by atoms with E-state index in [4.69, 9.17) is 5.73 Å². The molecule has 1 aromatic rings. The summed E-state index contributed by atoms with van der Waals surface area (Å²) in [7, 11) is 0. The Balaban J connectivity index is 0.000000561. The summed E-state index contributed by atoms with van der Waals surface area (Å²) in [5, 5.41) is 0. The smallest absolute Gasteiger partial charge is 0.108 e. The highest BCUT2D eigenvalue weighted by molar-refractivity contribution is 5.03. The van der Waals surface area contributed by atoms with Crippen molar-refractivity contribution in [2.75, 3.05) is 0 Å². The zero-order chi connectivity index (χ0) is 9.56. The van der Waals surface area contributed by atoms with E-state index in [1.54, 1.807) is 6.20 Å².